The molecule has 16 heavy (non-hydrogen) atoms. The third kappa shape index (κ3) is 2.36. The summed E-state index contributed by atoms with van der Waals surface area (Å²) in [6.45, 7) is 7.15. The minimum Gasteiger partial charge on any atom is -0.296 e. The van der Waals surface area contributed by atoms with Gasteiger partial charge in [-0.2, -0.15) is 0 Å². The number of fused-ring (bicyclic) bond motifs is 1. The molecule has 1 aromatic rings. The van der Waals surface area contributed by atoms with Crippen molar-refractivity contribution < 1.29 is 0 Å². The van der Waals surface area contributed by atoms with Crippen molar-refractivity contribution in [2.75, 3.05) is 13.1 Å². The summed E-state index contributed by atoms with van der Waals surface area (Å²) in [5.74, 6) is 0.870. The maximum atomic E-state index is 6.18. The van der Waals surface area contributed by atoms with Gasteiger partial charge in [-0.05, 0) is 32.4 Å². The van der Waals surface area contributed by atoms with E-state index in [9.17, 15) is 0 Å². The number of halogens is 1. The molecule has 0 atom stereocenters. The zero-order valence-corrected chi connectivity index (χ0v) is 10.7. The van der Waals surface area contributed by atoms with E-state index in [4.69, 9.17) is 11.6 Å². The van der Waals surface area contributed by atoms with Crippen LogP contribution in [0.1, 0.15) is 37.4 Å². The monoisotopic (exact) mass is 239 g/mol. The topological polar surface area (TPSA) is 29.0 Å². The van der Waals surface area contributed by atoms with E-state index >= 15 is 0 Å². The van der Waals surface area contributed by atoms with Crippen LogP contribution in [0.4, 0.5) is 0 Å². The quantitative estimate of drug-likeness (QED) is 0.756. The molecule has 1 heterocycles. The average molecular weight is 240 g/mol. The fourth-order valence-electron chi connectivity index (χ4n) is 2.15. The highest BCUT2D eigenvalue weighted by Crippen LogP contribution is 2.26. The van der Waals surface area contributed by atoms with Crippen LogP contribution in [0.5, 0.6) is 0 Å². The van der Waals surface area contributed by atoms with E-state index < -0.39 is 0 Å². The van der Waals surface area contributed by atoms with Crippen LogP contribution in [0.2, 0.25) is 5.15 Å². The molecule has 0 aromatic carbocycles. The van der Waals surface area contributed by atoms with Crippen molar-refractivity contribution in [3.8, 4) is 0 Å². The van der Waals surface area contributed by atoms with Gasteiger partial charge in [0.25, 0.3) is 0 Å². The maximum Gasteiger partial charge on any atom is 0.144 e. The average Bonchev–Trinajstić information content (AvgIpc) is 2.74. The van der Waals surface area contributed by atoms with Gasteiger partial charge in [-0.3, -0.25) is 4.90 Å². The van der Waals surface area contributed by atoms with E-state index in [1.54, 1.807) is 0 Å². The van der Waals surface area contributed by atoms with Gasteiger partial charge in [0.15, 0.2) is 0 Å². The van der Waals surface area contributed by atoms with E-state index in [1.165, 1.54) is 17.7 Å². The Balaban J connectivity index is 2.20. The largest absolute Gasteiger partial charge is 0.296 e. The number of hydrogen-bond acceptors (Lipinski definition) is 3. The molecule has 88 valence electrons. The standard InChI is InChI=1S/C12H18ClN3/c1-3-16(4-2)8-11-14-10-7-5-6-9(10)12(13)15-11/h3-8H2,1-2H3. The molecule has 0 spiro atoms. The fourth-order valence-corrected chi connectivity index (χ4v) is 2.45. The van der Waals surface area contributed by atoms with Crippen LogP contribution in [-0.2, 0) is 19.4 Å². The molecule has 1 aliphatic rings. The lowest BCUT2D eigenvalue weighted by Crippen LogP contribution is -2.23. The minimum absolute atomic E-state index is 0.671. The second-order valence-electron chi connectivity index (χ2n) is 4.17. The molecule has 3 nitrogen and oxygen atoms in total. The first kappa shape index (κ1) is 11.8. The Morgan fingerprint density at radius 1 is 1.19 bits per heavy atom. The Bertz CT molecular complexity index is 375. The first-order valence-corrected chi connectivity index (χ1v) is 6.38. The summed E-state index contributed by atoms with van der Waals surface area (Å²) >= 11 is 6.18. The van der Waals surface area contributed by atoms with Crippen molar-refractivity contribution in [3.05, 3.63) is 22.2 Å². The lowest BCUT2D eigenvalue weighted by molar-refractivity contribution is 0.288. The number of nitrogens with zero attached hydrogens (tertiary/aromatic N) is 3. The number of hydrogen-bond donors (Lipinski definition) is 0. The van der Waals surface area contributed by atoms with Crippen molar-refractivity contribution in [1.29, 1.82) is 0 Å². The van der Waals surface area contributed by atoms with Gasteiger partial charge in [-0.25, -0.2) is 9.97 Å². The van der Waals surface area contributed by atoms with Crippen molar-refractivity contribution in [2.45, 2.75) is 39.7 Å². The van der Waals surface area contributed by atoms with Gasteiger partial charge in [-0.15, -0.1) is 0 Å². The van der Waals surface area contributed by atoms with Crippen molar-refractivity contribution in [2.24, 2.45) is 0 Å². The molecule has 0 bridgehead atoms. The summed E-state index contributed by atoms with van der Waals surface area (Å²) in [5.41, 5.74) is 2.34. The van der Waals surface area contributed by atoms with Crippen LogP contribution in [0.3, 0.4) is 0 Å². The molecule has 0 radical (unpaired) electrons. The number of aromatic nitrogens is 2. The Labute approximate surface area is 102 Å². The molecular formula is C12H18ClN3. The Morgan fingerprint density at radius 3 is 2.62 bits per heavy atom. The van der Waals surface area contributed by atoms with Crippen LogP contribution in [0.15, 0.2) is 0 Å². The smallest absolute Gasteiger partial charge is 0.144 e. The summed E-state index contributed by atoms with van der Waals surface area (Å²) in [6.07, 6.45) is 3.26. The molecule has 0 fully saturated rings. The molecule has 1 aromatic heterocycles. The van der Waals surface area contributed by atoms with Gasteiger partial charge in [-0.1, -0.05) is 25.4 Å². The molecule has 0 amide bonds. The normalized spacial score (nSPS) is 14.5. The van der Waals surface area contributed by atoms with Crippen LogP contribution in [-0.4, -0.2) is 28.0 Å². The molecule has 4 heteroatoms. The molecule has 2 rings (SSSR count). The highest BCUT2D eigenvalue weighted by Gasteiger charge is 2.18. The molecule has 1 aliphatic carbocycles. The highest BCUT2D eigenvalue weighted by molar-refractivity contribution is 6.30. The number of rotatable bonds is 4. The maximum absolute atomic E-state index is 6.18. The SMILES string of the molecule is CCN(CC)Cc1nc(Cl)c2c(n1)CCC2. The first-order chi connectivity index (χ1) is 7.74. The minimum atomic E-state index is 0.671. The lowest BCUT2D eigenvalue weighted by atomic mass is 10.2. The van der Waals surface area contributed by atoms with Crippen molar-refractivity contribution in [3.63, 3.8) is 0 Å². The molecule has 0 aliphatic heterocycles. The zero-order valence-electron chi connectivity index (χ0n) is 9.96. The van der Waals surface area contributed by atoms with Crippen molar-refractivity contribution >= 4 is 11.6 Å². The van der Waals surface area contributed by atoms with Gasteiger partial charge in [0.05, 0.1) is 6.54 Å². The molecule has 0 N–H and O–H groups in total. The van der Waals surface area contributed by atoms with Gasteiger partial charge >= 0.3 is 0 Å². The second-order valence-corrected chi connectivity index (χ2v) is 4.53. The van der Waals surface area contributed by atoms with Gasteiger partial charge in [0.1, 0.15) is 11.0 Å². The summed E-state index contributed by atoms with van der Waals surface area (Å²) in [6, 6.07) is 0. The molecule has 0 saturated carbocycles. The summed E-state index contributed by atoms with van der Waals surface area (Å²) < 4.78 is 0. The number of aryl methyl sites for hydroxylation is 1. The lowest BCUT2D eigenvalue weighted by Gasteiger charge is -2.17. The summed E-state index contributed by atoms with van der Waals surface area (Å²) in [4.78, 5) is 11.3. The van der Waals surface area contributed by atoms with Crippen LogP contribution in [0, 0.1) is 0 Å². The van der Waals surface area contributed by atoms with Crippen LogP contribution in [0.25, 0.3) is 0 Å². The second kappa shape index (κ2) is 5.11. The van der Waals surface area contributed by atoms with E-state index in [2.05, 4.69) is 28.7 Å². The third-order valence-corrected chi connectivity index (χ3v) is 3.50. The molecule has 0 saturated heterocycles. The van der Waals surface area contributed by atoms with Crippen molar-refractivity contribution in [1.82, 2.24) is 14.9 Å². The first-order valence-electron chi connectivity index (χ1n) is 6.01. The van der Waals surface area contributed by atoms with E-state index in [1.807, 2.05) is 0 Å². The zero-order chi connectivity index (χ0) is 11.5. The molecular weight excluding hydrogens is 222 g/mol. The summed E-state index contributed by atoms with van der Waals surface area (Å²) in [5, 5.41) is 0.671. The predicted molar refractivity (Wildman–Crippen MR) is 65.7 cm³/mol. The van der Waals surface area contributed by atoms with E-state index in [0.717, 1.165) is 38.3 Å². The fraction of sp³-hybridized carbons (Fsp3) is 0.667. The van der Waals surface area contributed by atoms with Gasteiger partial charge in [0, 0.05) is 11.3 Å². The highest BCUT2D eigenvalue weighted by atomic mass is 35.5. The van der Waals surface area contributed by atoms with Crippen LogP contribution < -0.4 is 0 Å². The van der Waals surface area contributed by atoms with Gasteiger partial charge < -0.3 is 0 Å². The van der Waals surface area contributed by atoms with Crippen LogP contribution >= 0.6 is 11.6 Å². The summed E-state index contributed by atoms with van der Waals surface area (Å²) in [7, 11) is 0. The Morgan fingerprint density at radius 2 is 1.94 bits per heavy atom. The molecule has 0 unspecified atom stereocenters. The third-order valence-electron chi connectivity index (χ3n) is 3.19. The van der Waals surface area contributed by atoms with E-state index in [-0.39, 0.29) is 0 Å². The van der Waals surface area contributed by atoms with E-state index in [0.29, 0.717) is 5.15 Å². The van der Waals surface area contributed by atoms with Gasteiger partial charge in [0.2, 0.25) is 0 Å². The Kier molecular flexibility index (Phi) is 3.77. The predicted octanol–water partition coefficient (Wildman–Crippen LogP) is 2.46. The Hall–Kier alpha value is -0.670.